The van der Waals surface area contributed by atoms with Gasteiger partial charge in [0.2, 0.25) is 11.0 Å². The first-order chi connectivity index (χ1) is 12.5. The molecule has 2 aromatic heterocycles. The van der Waals surface area contributed by atoms with Crippen molar-refractivity contribution < 1.29 is 14.0 Å². The van der Waals surface area contributed by atoms with Crippen molar-refractivity contribution in [2.45, 2.75) is 18.2 Å². The standard InChI is InChI=1S/C17H16N4O3S2/c1-10-6-11(2)8-12(7-10)18-14(22)9-25-17-21-20-16(26-17)19-15(23)13-4-3-5-24-13/h3-8H,9H2,1-2H3,(H,18,22)(H,19,20,23). The van der Waals surface area contributed by atoms with Crippen LogP contribution >= 0.6 is 23.1 Å². The number of furan rings is 1. The highest BCUT2D eigenvalue weighted by Gasteiger charge is 2.13. The van der Waals surface area contributed by atoms with Crippen molar-refractivity contribution in [3.63, 3.8) is 0 Å². The number of carbonyl (C=O) groups is 2. The Balaban J connectivity index is 1.51. The Morgan fingerprint density at radius 2 is 1.92 bits per heavy atom. The van der Waals surface area contributed by atoms with Gasteiger partial charge < -0.3 is 9.73 Å². The second-order valence-corrected chi connectivity index (χ2v) is 7.72. The first-order valence-corrected chi connectivity index (χ1v) is 9.49. The number of rotatable bonds is 6. The predicted octanol–water partition coefficient (Wildman–Crippen LogP) is 3.73. The van der Waals surface area contributed by atoms with E-state index < -0.39 is 5.91 Å². The summed E-state index contributed by atoms with van der Waals surface area (Å²) in [6.45, 7) is 3.97. The third-order valence-electron chi connectivity index (χ3n) is 3.20. The number of nitrogens with zero attached hydrogens (tertiary/aromatic N) is 2. The summed E-state index contributed by atoms with van der Waals surface area (Å²) in [7, 11) is 0. The molecular formula is C17H16N4O3S2. The van der Waals surface area contributed by atoms with E-state index in [4.69, 9.17) is 4.42 Å². The molecule has 134 valence electrons. The number of aryl methyl sites for hydroxylation is 2. The van der Waals surface area contributed by atoms with E-state index in [0.29, 0.717) is 9.47 Å². The Hall–Kier alpha value is -2.65. The zero-order valence-electron chi connectivity index (χ0n) is 14.1. The van der Waals surface area contributed by atoms with E-state index in [1.807, 2.05) is 32.0 Å². The van der Waals surface area contributed by atoms with E-state index >= 15 is 0 Å². The number of benzene rings is 1. The Labute approximate surface area is 158 Å². The molecule has 0 saturated heterocycles. The third-order valence-corrected chi connectivity index (χ3v) is 5.18. The highest BCUT2D eigenvalue weighted by Crippen LogP contribution is 2.26. The van der Waals surface area contributed by atoms with Gasteiger partial charge in [-0.25, -0.2) is 0 Å². The minimum Gasteiger partial charge on any atom is -0.459 e. The molecule has 0 saturated carbocycles. The van der Waals surface area contributed by atoms with Crippen molar-refractivity contribution in [3.05, 3.63) is 53.5 Å². The molecule has 0 unspecified atom stereocenters. The van der Waals surface area contributed by atoms with Crippen molar-refractivity contribution in [3.8, 4) is 0 Å². The molecule has 3 rings (SSSR count). The van der Waals surface area contributed by atoms with Crippen LogP contribution in [-0.2, 0) is 4.79 Å². The summed E-state index contributed by atoms with van der Waals surface area (Å²) >= 11 is 2.46. The molecule has 0 bridgehead atoms. The first-order valence-electron chi connectivity index (χ1n) is 7.69. The lowest BCUT2D eigenvalue weighted by Gasteiger charge is -2.06. The molecule has 0 aliphatic rings. The number of aromatic nitrogens is 2. The van der Waals surface area contributed by atoms with Crippen LogP contribution in [0.4, 0.5) is 10.8 Å². The van der Waals surface area contributed by atoms with Crippen molar-refractivity contribution in [2.75, 3.05) is 16.4 Å². The summed E-state index contributed by atoms with van der Waals surface area (Å²) in [5.41, 5.74) is 2.96. The quantitative estimate of drug-likeness (QED) is 0.493. The lowest BCUT2D eigenvalue weighted by molar-refractivity contribution is -0.113. The van der Waals surface area contributed by atoms with Crippen LogP contribution in [0.15, 0.2) is 45.4 Å². The van der Waals surface area contributed by atoms with Gasteiger partial charge in [0.05, 0.1) is 12.0 Å². The van der Waals surface area contributed by atoms with E-state index in [1.54, 1.807) is 12.1 Å². The zero-order valence-corrected chi connectivity index (χ0v) is 15.7. The van der Waals surface area contributed by atoms with E-state index in [-0.39, 0.29) is 17.4 Å². The van der Waals surface area contributed by atoms with Gasteiger partial charge in [-0.05, 0) is 49.2 Å². The van der Waals surface area contributed by atoms with Crippen LogP contribution in [0.3, 0.4) is 0 Å². The number of amides is 2. The van der Waals surface area contributed by atoms with Gasteiger partial charge in [-0.3, -0.25) is 14.9 Å². The van der Waals surface area contributed by atoms with Gasteiger partial charge in [0, 0.05) is 5.69 Å². The molecule has 2 heterocycles. The van der Waals surface area contributed by atoms with Gasteiger partial charge in [-0.2, -0.15) is 0 Å². The zero-order chi connectivity index (χ0) is 18.5. The predicted molar refractivity (Wildman–Crippen MR) is 102 cm³/mol. The van der Waals surface area contributed by atoms with Crippen LogP contribution in [0.5, 0.6) is 0 Å². The first kappa shape index (κ1) is 18.2. The van der Waals surface area contributed by atoms with Crippen molar-refractivity contribution in [1.82, 2.24) is 10.2 Å². The van der Waals surface area contributed by atoms with Crippen LogP contribution in [0.1, 0.15) is 21.7 Å². The summed E-state index contributed by atoms with van der Waals surface area (Å²) < 4.78 is 5.61. The van der Waals surface area contributed by atoms with Crippen LogP contribution < -0.4 is 10.6 Å². The molecule has 9 heteroatoms. The fourth-order valence-corrected chi connectivity index (χ4v) is 3.80. The van der Waals surface area contributed by atoms with Gasteiger partial charge in [0.25, 0.3) is 5.91 Å². The number of anilines is 2. The largest absolute Gasteiger partial charge is 0.459 e. The molecular weight excluding hydrogens is 372 g/mol. The average Bonchev–Trinajstić information content (AvgIpc) is 3.23. The fraction of sp³-hybridized carbons (Fsp3) is 0.176. The Morgan fingerprint density at radius 1 is 1.15 bits per heavy atom. The topological polar surface area (TPSA) is 97.1 Å². The van der Waals surface area contributed by atoms with Crippen LogP contribution in [0, 0.1) is 13.8 Å². The number of nitrogens with one attached hydrogen (secondary N) is 2. The molecule has 0 aliphatic heterocycles. The lowest BCUT2D eigenvalue weighted by atomic mass is 10.1. The molecule has 0 spiro atoms. The SMILES string of the molecule is Cc1cc(C)cc(NC(=O)CSc2nnc(NC(=O)c3ccco3)s2)c1. The second kappa shape index (κ2) is 8.15. The van der Waals surface area contributed by atoms with E-state index in [1.165, 1.54) is 29.4 Å². The van der Waals surface area contributed by atoms with Gasteiger partial charge in [-0.1, -0.05) is 29.2 Å². The monoisotopic (exact) mass is 388 g/mol. The van der Waals surface area contributed by atoms with E-state index in [0.717, 1.165) is 16.8 Å². The summed E-state index contributed by atoms with van der Waals surface area (Å²) in [4.78, 5) is 24.0. The minimum atomic E-state index is -0.393. The molecule has 0 radical (unpaired) electrons. The molecule has 2 N–H and O–H groups in total. The minimum absolute atomic E-state index is 0.128. The van der Waals surface area contributed by atoms with E-state index in [2.05, 4.69) is 20.8 Å². The Bertz CT molecular complexity index is 902. The second-order valence-electron chi connectivity index (χ2n) is 5.52. The Kier molecular flexibility index (Phi) is 5.69. The summed E-state index contributed by atoms with van der Waals surface area (Å²) in [5.74, 6) is -0.123. The third kappa shape index (κ3) is 4.93. The van der Waals surface area contributed by atoms with Crippen LogP contribution in [-0.4, -0.2) is 27.8 Å². The van der Waals surface area contributed by atoms with Gasteiger partial charge in [0.1, 0.15) is 0 Å². The molecule has 1 aromatic carbocycles. The highest BCUT2D eigenvalue weighted by molar-refractivity contribution is 8.01. The maximum absolute atomic E-state index is 12.1. The van der Waals surface area contributed by atoms with Gasteiger partial charge >= 0.3 is 0 Å². The van der Waals surface area contributed by atoms with Crippen molar-refractivity contribution in [1.29, 1.82) is 0 Å². The van der Waals surface area contributed by atoms with E-state index in [9.17, 15) is 9.59 Å². The molecule has 2 amide bonds. The molecule has 7 nitrogen and oxygen atoms in total. The maximum atomic E-state index is 12.1. The van der Waals surface area contributed by atoms with Gasteiger partial charge in [-0.15, -0.1) is 10.2 Å². The van der Waals surface area contributed by atoms with Crippen LogP contribution in [0.2, 0.25) is 0 Å². The number of carbonyl (C=O) groups excluding carboxylic acids is 2. The average molecular weight is 388 g/mol. The lowest BCUT2D eigenvalue weighted by Crippen LogP contribution is -2.14. The normalized spacial score (nSPS) is 10.5. The number of thioether (sulfide) groups is 1. The highest BCUT2D eigenvalue weighted by atomic mass is 32.2. The van der Waals surface area contributed by atoms with Crippen molar-refractivity contribution >= 4 is 45.7 Å². The fourth-order valence-electron chi connectivity index (χ4n) is 2.26. The number of hydrogen-bond acceptors (Lipinski definition) is 7. The molecule has 3 aromatic rings. The summed E-state index contributed by atoms with van der Waals surface area (Å²) in [6.07, 6.45) is 1.42. The summed E-state index contributed by atoms with van der Waals surface area (Å²) in [6, 6.07) is 9.07. The van der Waals surface area contributed by atoms with Gasteiger partial charge in [0.15, 0.2) is 10.1 Å². The molecule has 0 fully saturated rings. The number of hydrogen-bond donors (Lipinski definition) is 2. The smallest absolute Gasteiger partial charge is 0.293 e. The molecule has 26 heavy (non-hydrogen) atoms. The van der Waals surface area contributed by atoms with Crippen LogP contribution in [0.25, 0.3) is 0 Å². The summed E-state index contributed by atoms with van der Waals surface area (Å²) in [5, 5.41) is 13.7. The molecule has 0 aliphatic carbocycles. The molecule has 0 atom stereocenters. The Morgan fingerprint density at radius 3 is 2.62 bits per heavy atom. The van der Waals surface area contributed by atoms with Crippen molar-refractivity contribution in [2.24, 2.45) is 0 Å². The maximum Gasteiger partial charge on any atom is 0.293 e.